The Kier molecular flexibility index (Phi) is 7.95. The number of methoxy groups -OCH3 is 1. The molecule has 0 aliphatic carbocycles. The number of benzene rings is 3. The van der Waals surface area contributed by atoms with Crippen molar-refractivity contribution in [3.63, 3.8) is 0 Å². The molecule has 0 aliphatic rings. The molecule has 3 aromatic carbocycles. The Morgan fingerprint density at radius 3 is 2.63 bits per heavy atom. The number of carbonyl (C=O) groups excluding carboxylic acids is 1. The Balaban J connectivity index is 1.71. The third-order valence-electron chi connectivity index (χ3n) is 4.05. The Labute approximate surface area is 198 Å². The number of halogens is 3. The molecule has 0 radical (unpaired) electrons. The number of hydrogen-bond donors (Lipinski definition) is 1. The summed E-state index contributed by atoms with van der Waals surface area (Å²) >= 11 is 14.7. The molecule has 0 bridgehead atoms. The van der Waals surface area contributed by atoms with Crippen LogP contribution in [0.3, 0.4) is 0 Å². The largest absolute Gasteiger partial charge is 0.493 e. The summed E-state index contributed by atoms with van der Waals surface area (Å²) in [7, 11) is 1.52. The van der Waals surface area contributed by atoms with Crippen molar-refractivity contribution in [1.82, 2.24) is 5.43 Å². The van der Waals surface area contributed by atoms with Crippen LogP contribution in [0.2, 0.25) is 10.0 Å². The first kappa shape index (κ1) is 22.4. The van der Waals surface area contributed by atoms with Crippen LogP contribution in [0.4, 0.5) is 0 Å². The van der Waals surface area contributed by atoms with E-state index in [0.29, 0.717) is 32.7 Å². The summed E-state index contributed by atoms with van der Waals surface area (Å²) < 4.78 is 12.2. The van der Waals surface area contributed by atoms with E-state index in [9.17, 15) is 4.79 Å². The predicted octanol–water partition coefficient (Wildman–Crippen LogP) is 5.95. The number of ether oxygens (including phenoxy) is 2. The molecule has 1 amide bonds. The lowest BCUT2D eigenvalue weighted by molar-refractivity contribution is 0.0955. The van der Waals surface area contributed by atoms with E-state index < -0.39 is 0 Å². The second kappa shape index (κ2) is 10.7. The van der Waals surface area contributed by atoms with Crippen molar-refractivity contribution in [2.75, 3.05) is 7.11 Å². The topological polar surface area (TPSA) is 59.9 Å². The van der Waals surface area contributed by atoms with Gasteiger partial charge in [0.15, 0.2) is 11.5 Å². The molecular weight excluding hydrogens is 538 g/mol. The fraction of sp³-hybridized carbons (Fsp3) is 0.0909. The lowest BCUT2D eigenvalue weighted by Gasteiger charge is -2.14. The third kappa shape index (κ3) is 5.87. The molecule has 5 nitrogen and oxygen atoms in total. The summed E-state index contributed by atoms with van der Waals surface area (Å²) in [6.07, 6.45) is 1.48. The van der Waals surface area contributed by atoms with Crippen molar-refractivity contribution in [1.29, 1.82) is 0 Å². The van der Waals surface area contributed by atoms with Crippen LogP contribution in [0.15, 0.2) is 65.8 Å². The van der Waals surface area contributed by atoms with E-state index in [4.69, 9.17) is 32.7 Å². The highest BCUT2D eigenvalue weighted by Crippen LogP contribution is 2.37. The molecule has 8 heteroatoms. The van der Waals surface area contributed by atoms with Gasteiger partial charge in [-0.3, -0.25) is 4.79 Å². The molecule has 154 valence electrons. The number of hydrazone groups is 1. The van der Waals surface area contributed by atoms with Crippen LogP contribution in [0, 0.1) is 3.57 Å². The summed E-state index contributed by atoms with van der Waals surface area (Å²) in [6.45, 7) is 0.245. The van der Waals surface area contributed by atoms with E-state index in [2.05, 4.69) is 33.1 Å². The fourth-order valence-corrected chi connectivity index (χ4v) is 3.59. The van der Waals surface area contributed by atoms with E-state index in [1.165, 1.54) is 13.3 Å². The normalized spacial score (nSPS) is 10.8. The van der Waals surface area contributed by atoms with E-state index in [0.717, 1.165) is 9.13 Å². The van der Waals surface area contributed by atoms with E-state index in [-0.39, 0.29) is 12.5 Å². The van der Waals surface area contributed by atoms with Crippen LogP contribution in [-0.4, -0.2) is 19.2 Å². The molecule has 0 fully saturated rings. The van der Waals surface area contributed by atoms with Crippen LogP contribution in [0.25, 0.3) is 0 Å². The average molecular weight is 555 g/mol. The number of amides is 1. The minimum absolute atomic E-state index is 0.245. The van der Waals surface area contributed by atoms with Gasteiger partial charge in [0.2, 0.25) is 0 Å². The smallest absolute Gasteiger partial charge is 0.271 e. The molecule has 30 heavy (non-hydrogen) atoms. The maximum atomic E-state index is 12.2. The first-order valence-electron chi connectivity index (χ1n) is 8.80. The maximum Gasteiger partial charge on any atom is 0.271 e. The standard InChI is InChI=1S/C22H17Cl2IN2O3/c1-29-20-10-14(12-26-27-22(28)15-6-4-7-17(25)11-15)9-19(24)21(20)30-13-16-5-2-3-8-18(16)23/h2-12H,13H2,1H3,(H,27,28)/b26-12-. The quantitative estimate of drug-likeness (QED) is 0.223. The number of hydrogen-bond acceptors (Lipinski definition) is 4. The van der Waals surface area contributed by atoms with Crippen molar-refractivity contribution < 1.29 is 14.3 Å². The minimum Gasteiger partial charge on any atom is -0.493 e. The van der Waals surface area contributed by atoms with Crippen LogP contribution in [-0.2, 0) is 6.61 Å². The van der Waals surface area contributed by atoms with Crippen molar-refractivity contribution in [3.05, 3.63) is 91.0 Å². The lowest BCUT2D eigenvalue weighted by atomic mass is 10.2. The number of nitrogens with one attached hydrogen (secondary N) is 1. The van der Waals surface area contributed by atoms with Gasteiger partial charge in [-0.25, -0.2) is 5.43 Å². The fourth-order valence-electron chi connectivity index (χ4n) is 2.58. The molecule has 3 aromatic rings. The highest BCUT2D eigenvalue weighted by molar-refractivity contribution is 14.1. The Morgan fingerprint density at radius 2 is 1.90 bits per heavy atom. The van der Waals surface area contributed by atoms with Gasteiger partial charge in [0.1, 0.15) is 6.61 Å². The van der Waals surface area contributed by atoms with Crippen LogP contribution >= 0.6 is 45.8 Å². The monoisotopic (exact) mass is 554 g/mol. The molecule has 0 atom stereocenters. The summed E-state index contributed by atoms with van der Waals surface area (Å²) in [5.41, 5.74) is 4.50. The highest BCUT2D eigenvalue weighted by Gasteiger charge is 2.13. The molecule has 0 unspecified atom stereocenters. The molecule has 0 aliphatic heterocycles. The first-order chi connectivity index (χ1) is 14.5. The number of rotatable bonds is 7. The molecular formula is C22H17Cl2IN2O3. The van der Waals surface area contributed by atoms with Gasteiger partial charge in [-0.2, -0.15) is 5.10 Å². The second-order valence-corrected chi connectivity index (χ2v) is 8.18. The van der Waals surface area contributed by atoms with Crippen molar-refractivity contribution in [2.24, 2.45) is 5.10 Å². The Bertz CT molecular complexity index is 1090. The molecule has 0 saturated heterocycles. The molecule has 3 rings (SSSR count). The number of carbonyl (C=O) groups is 1. The van der Waals surface area contributed by atoms with Gasteiger partial charge in [-0.1, -0.05) is 47.5 Å². The second-order valence-electron chi connectivity index (χ2n) is 6.12. The zero-order chi connectivity index (χ0) is 21.5. The summed E-state index contributed by atoms with van der Waals surface area (Å²) in [5, 5.41) is 4.96. The van der Waals surface area contributed by atoms with Crippen molar-refractivity contribution >= 4 is 57.9 Å². The minimum atomic E-state index is -0.303. The zero-order valence-corrected chi connectivity index (χ0v) is 19.5. The van der Waals surface area contributed by atoms with Crippen LogP contribution < -0.4 is 14.9 Å². The summed E-state index contributed by atoms with van der Waals surface area (Å²) in [5.74, 6) is 0.543. The molecule has 0 saturated carbocycles. The van der Waals surface area contributed by atoms with Gasteiger partial charge in [0.05, 0.1) is 18.3 Å². The van der Waals surface area contributed by atoms with Crippen molar-refractivity contribution in [2.45, 2.75) is 6.61 Å². The molecule has 0 aromatic heterocycles. The molecule has 0 heterocycles. The van der Waals surface area contributed by atoms with Gasteiger partial charge in [0.25, 0.3) is 5.91 Å². The van der Waals surface area contributed by atoms with Gasteiger partial charge in [0, 0.05) is 19.7 Å². The Hall–Kier alpha value is -2.29. The zero-order valence-electron chi connectivity index (χ0n) is 15.9. The van der Waals surface area contributed by atoms with Gasteiger partial charge in [-0.15, -0.1) is 0 Å². The van der Waals surface area contributed by atoms with Crippen LogP contribution in [0.5, 0.6) is 11.5 Å². The van der Waals surface area contributed by atoms with Gasteiger partial charge < -0.3 is 9.47 Å². The van der Waals surface area contributed by atoms with E-state index in [1.54, 1.807) is 30.3 Å². The van der Waals surface area contributed by atoms with Gasteiger partial charge >= 0.3 is 0 Å². The SMILES string of the molecule is COc1cc(/C=N\NC(=O)c2cccc(I)c2)cc(Cl)c1OCc1ccccc1Cl. The first-order valence-corrected chi connectivity index (χ1v) is 10.6. The summed E-state index contributed by atoms with van der Waals surface area (Å²) in [6, 6.07) is 18.0. The molecule has 1 N–H and O–H groups in total. The molecule has 0 spiro atoms. The summed E-state index contributed by atoms with van der Waals surface area (Å²) in [4.78, 5) is 12.2. The van der Waals surface area contributed by atoms with Gasteiger partial charge in [-0.05, 0) is 64.6 Å². The van der Waals surface area contributed by atoms with E-state index >= 15 is 0 Å². The predicted molar refractivity (Wildman–Crippen MR) is 128 cm³/mol. The van der Waals surface area contributed by atoms with Crippen LogP contribution in [0.1, 0.15) is 21.5 Å². The lowest BCUT2D eigenvalue weighted by Crippen LogP contribution is -2.17. The van der Waals surface area contributed by atoms with E-state index in [1.807, 2.05) is 30.3 Å². The Morgan fingerprint density at radius 1 is 1.10 bits per heavy atom. The number of nitrogens with zero attached hydrogens (tertiary/aromatic N) is 1. The van der Waals surface area contributed by atoms with Crippen molar-refractivity contribution in [3.8, 4) is 11.5 Å². The maximum absolute atomic E-state index is 12.2. The average Bonchev–Trinajstić information content (AvgIpc) is 2.73. The third-order valence-corrected chi connectivity index (χ3v) is 5.37. The highest BCUT2D eigenvalue weighted by atomic mass is 127.